The minimum absolute atomic E-state index is 0.0270. The maximum Gasteiger partial charge on any atom is 0.527 e. The number of amides is 1. The molecule has 0 aromatic rings. The van der Waals surface area contributed by atoms with Crippen LogP contribution in [0.1, 0.15) is 19.3 Å². The minimum Gasteiger partial charge on any atom is -0.505 e. The summed E-state index contributed by atoms with van der Waals surface area (Å²) in [5, 5.41) is 38.6. The molecule has 6 N–H and O–H groups in total. The van der Waals surface area contributed by atoms with Crippen LogP contribution in [-0.2, 0) is 32.7 Å². The van der Waals surface area contributed by atoms with E-state index in [1.807, 2.05) is 0 Å². The van der Waals surface area contributed by atoms with Crippen molar-refractivity contribution in [1.82, 2.24) is 5.32 Å². The van der Waals surface area contributed by atoms with Crippen molar-refractivity contribution >= 4 is 25.7 Å². The number of aliphatic hydroxyl groups excluding tert-OH is 3. The van der Waals surface area contributed by atoms with E-state index in [2.05, 4.69) is 19.1 Å². The van der Waals surface area contributed by atoms with E-state index in [-0.39, 0.29) is 32.4 Å². The highest BCUT2D eigenvalue weighted by atomic mass is 31.2. The van der Waals surface area contributed by atoms with Gasteiger partial charge in [0.1, 0.15) is 6.10 Å². The fourth-order valence-corrected chi connectivity index (χ4v) is 2.64. The molecule has 0 aliphatic carbocycles. The molecule has 2 unspecified atom stereocenters. The third kappa shape index (κ3) is 7.53. The summed E-state index contributed by atoms with van der Waals surface area (Å²) < 4.78 is 25.3. The third-order valence-electron chi connectivity index (χ3n) is 3.13. The lowest BCUT2D eigenvalue weighted by molar-refractivity contribution is -0.147. The summed E-state index contributed by atoms with van der Waals surface area (Å²) >= 11 is 0. The number of carbonyl (C=O) groups excluding carboxylic acids is 2. The molecule has 154 valence electrons. The molecule has 0 saturated carbocycles. The van der Waals surface area contributed by atoms with Crippen LogP contribution in [0.4, 0.5) is 0 Å². The van der Waals surface area contributed by atoms with Gasteiger partial charge in [-0.1, -0.05) is 0 Å². The van der Waals surface area contributed by atoms with E-state index >= 15 is 0 Å². The normalized spacial score (nSPS) is 20.0. The van der Waals surface area contributed by atoms with Gasteiger partial charge in [-0.25, -0.2) is 9.36 Å². The summed E-state index contributed by atoms with van der Waals surface area (Å²) in [6, 6.07) is 0. The van der Waals surface area contributed by atoms with Crippen molar-refractivity contribution in [1.29, 1.82) is 0 Å². The number of hydrogen-bond donors (Lipinski definition) is 6. The van der Waals surface area contributed by atoms with Crippen LogP contribution >= 0.6 is 7.82 Å². The van der Waals surface area contributed by atoms with Gasteiger partial charge in [-0.3, -0.25) is 19.0 Å². The second-order valence-corrected chi connectivity index (χ2v) is 6.66. The first-order chi connectivity index (χ1) is 12.6. The number of carbonyl (C=O) groups is 3. The smallest absolute Gasteiger partial charge is 0.505 e. The Labute approximate surface area is 152 Å². The molecule has 0 aromatic carbocycles. The van der Waals surface area contributed by atoms with Crippen molar-refractivity contribution in [2.45, 2.75) is 31.5 Å². The van der Waals surface area contributed by atoms with Gasteiger partial charge in [0, 0.05) is 13.0 Å². The quantitative estimate of drug-likeness (QED) is 0.123. The van der Waals surface area contributed by atoms with E-state index in [4.69, 9.17) is 10.2 Å². The second-order valence-electron chi connectivity index (χ2n) is 5.28. The van der Waals surface area contributed by atoms with Crippen LogP contribution in [0, 0.1) is 0 Å². The molecule has 1 aliphatic rings. The molecular weight excluding hydrogens is 393 g/mol. The monoisotopic (exact) mass is 413 g/mol. The fourth-order valence-electron chi connectivity index (χ4n) is 1.83. The van der Waals surface area contributed by atoms with Crippen molar-refractivity contribution in [3.05, 3.63) is 11.5 Å². The number of cyclic esters (lactones) is 1. The number of carboxylic acid groups (broad SMARTS) is 1. The number of carboxylic acids is 1. The summed E-state index contributed by atoms with van der Waals surface area (Å²) in [7, 11) is -4.82. The number of rotatable bonds is 12. The van der Waals surface area contributed by atoms with Gasteiger partial charge < -0.3 is 35.0 Å². The van der Waals surface area contributed by atoms with Crippen LogP contribution in [0.5, 0.6) is 0 Å². The van der Waals surface area contributed by atoms with Gasteiger partial charge in [0.05, 0.1) is 19.6 Å². The summed E-state index contributed by atoms with van der Waals surface area (Å²) in [4.78, 5) is 42.6. The number of aliphatic hydroxyl groups is 3. The van der Waals surface area contributed by atoms with E-state index in [9.17, 15) is 34.1 Å². The van der Waals surface area contributed by atoms with E-state index in [0.29, 0.717) is 0 Å². The predicted octanol–water partition coefficient (Wildman–Crippen LogP) is -1.46. The molecule has 3 atom stereocenters. The largest absolute Gasteiger partial charge is 0.527 e. The lowest BCUT2D eigenvalue weighted by Crippen LogP contribution is -2.31. The van der Waals surface area contributed by atoms with E-state index < -0.39 is 56.0 Å². The van der Waals surface area contributed by atoms with E-state index in [1.54, 1.807) is 0 Å². The molecule has 1 heterocycles. The van der Waals surface area contributed by atoms with Gasteiger partial charge in [0.2, 0.25) is 5.91 Å². The highest BCUT2D eigenvalue weighted by Gasteiger charge is 2.43. The molecule has 0 fully saturated rings. The number of phosphoric acid groups is 1. The number of nitrogens with one attached hydrogen (secondary N) is 1. The molecule has 0 spiro atoms. The Morgan fingerprint density at radius 2 is 2.00 bits per heavy atom. The first kappa shape index (κ1) is 22.9. The summed E-state index contributed by atoms with van der Waals surface area (Å²) in [6.07, 6.45) is -3.78. The molecule has 0 aromatic heterocycles. The van der Waals surface area contributed by atoms with Gasteiger partial charge in [0.15, 0.2) is 11.9 Å². The van der Waals surface area contributed by atoms with Crippen molar-refractivity contribution in [3.63, 3.8) is 0 Å². The summed E-state index contributed by atoms with van der Waals surface area (Å²) in [5.41, 5.74) is 0. The van der Waals surface area contributed by atoms with Crippen molar-refractivity contribution < 1.29 is 58.1 Å². The number of aliphatic carboxylic acids is 1. The van der Waals surface area contributed by atoms with Crippen molar-refractivity contribution in [2.75, 3.05) is 19.8 Å². The van der Waals surface area contributed by atoms with Crippen LogP contribution in [0.3, 0.4) is 0 Å². The fraction of sp³-hybridized carbons (Fsp3) is 0.615. The van der Waals surface area contributed by atoms with Gasteiger partial charge in [0.25, 0.3) is 5.76 Å². The van der Waals surface area contributed by atoms with E-state index in [0.717, 1.165) is 0 Å². The Morgan fingerprint density at radius 1 is 1.33 bits per heavy atom. The lowest BCUT2D eigenvalue weighted by atomic mass is 10.2. The van der Waals surface area contributed by atoms with Crippen LogP contribution in [0.2, 0.25) is 0 Å². The molecule has 0 bridgehead atoms. The number of ether oxygens (including phenoxy) is 1. The zero-order valence-corrected chi connectivity index (χ0v) is 14.8. The van der Waals surface area contributed by atoms with Crippen molar-refractivity contribution in [3.8, 4) is 0 Å². The van der Waals surface area contributed by atoms with Crippen molar-refractivity contribution in [2.24, 2.45) is 0 Å². The highest BCUT2D eigenvalue weighted by molar-refractivity contribution is 7.47. The Balaban J connectivity index is 2.42. The maximum atomic E-state index is 11.8. The highest BCUT2D eigenvalue weighted by Crippen LogP contribution is 2.47. The Morgan fingerprint density at radius 3 is 2.59 bits per heavy atom. The van der Waals surface area contributed by atoms with Gasteiger partial charge >= 0.3 is 19.8 Å². The van der Waals surface area contributed by atoms with Crippen LogP contribution in [0.25, 0.3) is 0 Å². The summed E-state index contributed by atoms with van der Waals surface area (Å²) in [6.45, 7) is -1.20. The second kappa shape index (κ2) is 10.2. The standard InChI is InChI=1S/C13H20NO12P/c15-6-7(16)11-10(20)12(13(21)25-11)26-27(22,23)24-5-1-4-14-8(17)2-3-9(18)19/h7,11,15-16,20H,1-6H2,(H,14,17)(H,18,19)(H,22,23)/t7-,11?/m0/s1. The number of esters is 1. The molecule has 1 aliphatic heterocycles. The number of phosphoric ester groups is 1. The summed E-state index contributed by atoms with van der Waals surface area (Å²) in [5.74, 6) is -4.96. The molecule has 1 rings (SSSR count). The molecule has 0 saturated heterocycles. The minimum atomic E-state index is -4.82. The SMILES string of the molecule is O=C(O)CCC(=O)NCCCOP(=O)(O)OC1=C(O)C([C@@H](O)CO)OC1=O. The zero-order valence-electron chi connectivity index (χ0n) is 13.9. The van der Waals surface area contributed by atoms with E-state index in [1.165, 1.54) is 0 Å². The zero-order chi connectivity index (χ0) is 20.6. The Kier molecular flexibility index (Phi) is 8.66. The Bertz CT molecular complexity index is 647. The maximum absolute atomic E-state index is 11.8. The topological polar surface area (TPSA) is 209 Å². The first-order valence-electron chi connectivity index (χ1n) is 7.66. The van der Waals surface area contributed by atoms with Crippen LogP contribution in [-0.4, -0.2) is 75.1 Å². The number of hydrogen-bond acceptors (Lipinski definition) is 10. The van der Waals surface area contributed by atoms with Gasteiger partial charge in [-0.05, 0) is 6.42 Å². The first-order valence-corrected chi connectivity index (χ1v) is 9.15. The van der Waals surface area contributed by atoms with Crippen LogP contribution in [0.15, 0.2) is 11.5 Å². The average Bonchev–Trinajstić information content (AvgIpc) is 2.86. The molecule has 13 nitrogen and oxygen atoms in total. The molecule has 14 heteroatoms. The third-order valence-corrected chi connectivity index (χ3v) is 4.05. The van der Waals surface area contributed by atoms with Crippen LogP contribution < -0.4 is 5.32 Å². The molecule has 1 amide bonds. The molecular formula is C13H20NO12P. The molecule has 0 radical (unpaired) electrons. The van der Waals surface area contributed by atoms with Gasteiger partial charge in [-0.2, -0.15) is 0 Å². The molecule has 27 heavy (non-hydrogen) atoms. The Hall–Kier alpha value is -2.18. The lowest BCUT2D eigenvalue weighted by Gasteiger charge is -2.14. The average molecular weight is 413 g/mol. The van der Waals surface area contributed by atoms with Gasteiger partial charge in [-0.15, -0.1) is 0 Å². The predicted molar refractivity (Wildman–Crippen MR) is 84.0 cm³/mol.